The first-order chi connectivity index (χ1) is 9.70. The number of Topliss-reactive ketones (excluding diaryl/α,β-unsaturated/α-hetero) is 1. The maximum absolute atomic E-state index is 12.2. The number of carbonyl (C=O) groups excluding carboxylic acids is 1. The van der Waals surface area contributed by atoms with Crippen molar-refractivity contribution in [3.8, 4) is 11.5 Å². The first kappa shape index (κ1) is 14.8. The summed E-state index contributed by atoms with van der Waals surface area (Å²) in [4.78, 5) is 14.2. The topological polar surface area (TPSA) is 59.0 Å². The molecule has 1 N–H and O–H groups in total. The molecule has 0 atom stereocenters. The number of aliphatic hydroxyl groups excluding tert-OH is 1. The van der Waals surface area contributed by atoms with Crippen LogP contribution in [0.15, 0.2) is 18.2 Å². The van der Waals surface area contributed by atoms with Crippen molar-refractivity contribution in [3.05, 3.63) is 23.8 Å². The number of aliphatic hydroxyl groups is 1. The van der Waals surface area contributed by atoms with Crippen molar-refractivity contribution in [2.75, 3.05) is 33.5 Å². The van der Waals surface area contributed by atoms with Gasteiger partial charge in [0.2, 0.25) is 6.79 Å². The minimum absolute atomic E-state index is 0.0768. The van der Waals surface area contributed by atoms with Crippen molar-refractivity contribution in [3.63, 3.8) is 0 Å². The minimum atomic E-state index is 0.0768. The van der Waals surface area contributed by atoms with Crippen molar-refractivity contribution in [2.45, 2.75) is 19.3 Å². The second-order valence-corrected chi connectivity index (χ2v) is 5.01. The fraction of sp³-hybridized carbons (Fsp3) is 0.533. The van der Waals surface area contributed by atoms with Crippen molar-refractivity contribution in [1.29, 1.82) is 0 Å². The Morgan fingerprint density at radius 1 is 1.25 bits per heavy atom. The Morgan fingerprint density at radius 3 is 2.85 bits per heavy atom. The first-order valence-electron chi connectivity index (χ1n) is 6.93. The lowest BCUT2D eigenvalue weighted by molar-refractivity contribution is 0.0944. The number of hydrogen-bond acceptors (Lipinski definition) is 5. The van der Waals surface area contributed by atoms with Gasteiger partial charge in [0.05, 0.1) is 6.54 Å². The third-order valence-electron chi connectivity index (χ3n) is 3.31. The highest BCUT2D eigenvalue weighted by Gasteiger charge is 2.16. The molecular weight excluding hydrogens is 258 g/mol. The maximum atomic E-state index is 12.2. The van der Waals surface area contributed by atoms with E-state index < -0.39 is 0 Å². The van der Waals surface area contributed by atoms with Crippen LogP contribution in [0.4, 0.5) is 0 Å². The van der Waals surface area contributed by atoms with E-state index in [1.165, 1.54) is 0 Å². The monoisotopic (exact) mass is 279 g/mol. The van der Waals surface area contributed by atoms with Crippen LogP contribution in [0.25, 0.3) is 0 Å². The highest BCUT2D eigenvalue weighted by atomic mass is 16.7. The van der Waals surface area contributed by atoms with Gasteiger partial charge in [-0.2, -0.15) is 0 Å². The zero-order chi connectivity index (χ0) is 14.4. The maximum Gasteiger partial charge on any atom is 0.231 e. The Balaban J connectivity index is 1.82. The quantitative estimate of drug-likeness (QED) is 0.579. The fourth-order valence-corrected chi connectivity index (χ4v) is 2.16. The van der Waals surface area contributed by atoms with E-state index in [0.717, 1.165) is 25.8 Å². The molecular formula is C15H21NO4. The number of carbonyl (C=O) groups is 1. The van der Waals surface area contributed by atoms with Gasteiger partial charge in [-0.25, -0.2) is 0 Å². The van der Waals surface area contributed by atoms with E-state index in [9.17, 15) is 4.79 Å². The lowest BCUT2D eigenvalue weighted by Gasteiger charge is -2.15. The predicted molar refractivity (Wildman–Crippen MR) is 75.3 cm³/mol. The average molecular weight is 279 g/mol. The van der Waals surface area contributed by atoms with Gasteiger partial charge < -0.3 is 14.6 Å². The predicted octanol–water partition coefficient (Wildman–Crippen LogP) is 1.69. The van der Waals surface area contributed by atoms with Gasteiger partial charge in [-0.3, -0.25) is 9.69 Å². The zero-order valence-corrected chi connectivity index (χ0v) is 11.8. The van der Waals surface area contributed by atoms with E-state index >= 15 is 0 Å². The number of likely N-dealkylation sites (N-methyl/N-ethyl adjacent to an activating group) is 1. The summed E-state index contributed by atoms with van der Waals surface area (Å²) in [6.45, 7) is 1.70. The molecule has 0 spiro atoms. The number of benzene rings is 1. The smallest absolute Gasteiger partial charge is 0.231 e. The largest absolute Gasteiger partial charge is 0.454 e. The number of fused-ring (bicyclic) bond motifs is 1. The Kier molecular flexibility index (Phi) is 5.38. The molecule has 1 heterocycles. The second-order valence-electron chi connectivity index (χ2n) is 5.01. The summed E-state index contributed by atoms with van der Waals surface area (Å²) in [6.07, 6.45) is 2.80. The molecule has 0 aliphatic carbocycles. The van der Waals surface area contributed by atoms with Gasteiger partial charge in [0.25, 0.3) is 0 Å². The van der Waals surface area contributed by atoms with Crippen LogP contribution in [0.1, 0.15) is 29.6 Å². The van der Waals surface area contributed by atoms with Crippen LogP contribution in [0.3, 0.4) is 0 Å². The number of nitrogens with zero attached hydrogens (tertiary/aromatic N) is 1. The molecule has 0 aromatic heterocycles. The third kappa shape index (κ3) is 3.95. The number of hydrogen-bond donors (Lipinski definition) is 1. The molecule has 0 amide bonds. The molecule has 1 aromatic rings. The Hall–Kier alpha value is -1.59. The minimum Gasteiger partial charge on any atom is -0.454 e. The molecule has 1 aliphatic heterocycles. The van der Waals surface area contributed by atoms with Crippen molar-refractivity contribution in [1.82, 2.24) is 4.90 Å². The summed E-state index contributed by atoms with van der Waals surface area (Å²) >= 11 is 0. The van der Waals surface area contributed by atoms with E-state index in [1.54, 1.807) is 18.2 Å². The molecule has 0 unspecified atom stereocenters. The van der Waals surface area contributed by atoms with Crippen LogP contribution in [0, 0.1) is 0 Å². The highest BCUT2D eigenvalue weighted by molar-refractivity contribution is 5.98. The van der Waals surface area contributed by atoms with E-state index in [2.05, 4.69) is 0 Å². The van der Waals surface area contributed by atoms with E-state index in [0.29, 0.717) is 23.6 Å². The van der Waals surface area contributed by atoms with Gasteiger partial charge >= 0.3 is 0 Å². The van der Waals surface area contributed by atoms with Gasteiger partial charge in [0.1, 0.15) is 0 Å². The summed E-state index contributed by atoms with van der Waals surface area (Å²) in [5.41, 5.74) is 0.649. The van der Waals surface area contributed by atoms with Gasteiger partial charge in [-0.15, -0.1) is 0 Å². The normalized spacial score (nSPS) is 12.9. The average Bonchev–Trinajstić information content (AvgIpc) is 2.90. The SMILES string of the molecule is CN(CCCCCO)CC(=O)c1ccc2c(c1)OCO2. The molecule has 1 aromatic carbocycles. The summed E-state index contributed by atoms with van der Waals surface area (Å²) in [5, 5.41) is 8.71. The molecule has 5 nitrogen and oxygen atoms in total. The van der Waals surface area contributed by atoms with Crippen molar-refractivity contribution >= 4 is 5.78 Å². The molecule has 0 fully saturated rings. The number of ketones is 1. The molecule has 2 rings (SSSR count). The molecule has 5 heteroatoms. The summed E-state index contributed by atoms with van der Waals surface area (Å²) < 4.78 is 10.5. The van der Waals surface area contributed by atoms with Crippen LogP contribution >= 0.6 is 0 Å². The van der Waals surface area contributed by atoms with Crippen LogP contribution in [-0.2, 0) is 0 Å². The van der Waals surface area contributed by atoms with Crippen LogP contribution < -0.4 is 9.47 Å². The van der Waals surface area contributed by atoms with Crippen molar-refractivity contribution in [2.24, 2.45) is 0 Å². The van der Waals surface area contributed by atoms with E-state index in [4.69, 9.17) is 14.6 Å². The molecule has 0 bridgehead atoms. The van der Waals surface area contributed by atoms with Crippen LogP contribution in [0.2, 0.25) is 0 Å². The Bertz CT molecular complexity index is 461. The number of rotatable bonds is 8. The molecule has 0 saturated carbocycles. The van der Waals surface area contributed by atoms with Crippen molar-refractivity contribution < 1.29 is 19.4 Å². The standard InChI is InChI=1S/C15H21NO4/c1-16(7-3-2-4-8-17)10-13(18)12-5-6-14-15(9-12)20-11-19-14/h5-6,9,17H,2-4,7-8,10-11H2,1H3. The lowest BCUT2D eigenvalue weighted by atomic mass is 10.1. The van der Waals surface area contributed by atoms with Gasteiger partial charge in [-0.1, -0.05) is 0 Å². The highest BCUT2D eigenvalue weighted by Crippen LogP contribution is 2.32. The number of ether oxygens (including phenoxy) is 2. The molecule has 20 heavy (non-hydrogen) atoms. The third-order valence-corrected chi connectivity index (χ3v) is 3.31. The van der Waals surface area contributed by atoms with E-state index in [1.807, 2.05) is 11.9 Å². The summed E-state index contributed by atoms with van der Waals surface area (Å²) in [7, 11) is 1.93. The van der Waals surface area contributed by atoms with Crippen LogP contribution in [-0.4, -0.2) is 49.3 Å². The summed E-state index contributed by atoms with van der Waals surface area (Å²) in [5.74, 6) is 1.41. The second kappa shape index (κ2) is 7.26. The van der Waals surface area contributed by atoms with Crippen LogP contribution in [0.5, 0.6) is 11.5 Å². The molecule has 0 saturated heterocycles. The molecule has 1 aliphatic rings. The van der Waals surface area contributed by atoms with Gasteiger partial charge in [-0.05, 0) is 51.1 Å². The fourth-order valence-electron chi connectivity index (χ4n) is 2.16. The number of unbranched alkanes of at least 4 members (excludes halogenated alkanes) is 2. The Morgan fingerprint density at radius 2 is 2.05 bits per heavy atom. The Labute approximate surface area is 119 Å². The zero-order valence-electron chi connectivity index (χ0n) is 11.8. The molecule has 0 radical (unpaired) electrons. The molecule has 110 valence electrons. The summed E-state index contributed by atoms with van der Waals surface area (Å²) in [6, 6.07) is 5.29. The first-order valence-corrected chi connectivity index (χ1v) is 6.93. The van der Waals surface area contributed by atoms with Gasteiger partial charge in [0.15, 0.2) is 17.3 Å². The van der Waals surface area contributed by atoms with E-state index in [-0.39, 0.29) is 19.2 Å². The lowest BCUT2D eigenvalue weighted by Crippen LogP contribution is -2.27. The van der Waals surface area contributed by atoms with Gasteiger partial charge in [0, 0.05) is 12.2 Å².